The largest absolute Gasteiger partial charge is 0.383 e. The lowest BCUT2D eigenvalue weighted by Gasteiger charge is -2.33. The van der Waals surface area contributed by atoms with Crippen LogP contribution in [0, 0.1) is 0 Å². The molecule has 1 aromatic rings. The van der Waals surface area contributed by atoms with E-state index in [0.717, 1.165) is 37.7 Å². The van der Waals surface area contributed by atoms with Gasteiger partial charge in [-0.3, -0.25) is 0 Å². The molecule has 0 aliphatic carbocycles. The lowest BCUT2D eigenvalue weighted by Crippen LogP contribution is -2.50. The van der Waals surface area contributed by atoms with E-state index in [2.05, 4.69) is 41.8 Å². The first kappa shape index (κ1) is 14.3. The number of imidazole rings is 1. The summed E-state index contributed by atoms with van der Waals surface area (Å²) in [6, 6.07) is 0.833. The van der Waals surface area contributed by atoms with E-state index in [9.17, 15) is 0 Å². The van der Waals surface area contributed by atoms with Crippen LogP contribution in [0.15, 0.2) is 6.20 Å². The number of hydrogen-bond donors (Lipinski definition) is 1. The number of rotatable bonds is 5. The summed E-state index contributed by atoms with van der Waals surface area (Å²) in [6.07, 6.45) is 3.15. The Morgan fingerprint density at radius 2 is 2.37 bits per heavy atom. The van der Waals surface area contributed by atoms with Crippen molar-refractivity contribution < 1.29 is 4.74 Å². The summed E-state index contributed by atoms with van der Waals surface area (Å²) in [4.78, 5) is 7.18. The van der Waals surface area contributed by atoms with Crippen molar-refractivity contribution in [2.24, 2.45) is 0 Å². The smallest absolute Gasteiger partial charge is 0.206 e. The first-order chi connectivity index (χ1) is 9.15. The minimum absolute atomic E-state index is 0.318. The fourth-order valence-electron chi connectivity index (χ4n) is 2.60. The predicted octanol–water partition coefficient (Wildman–Crippen LogP) is 1.45. The summed E-state index contributed by atoms with van der Waals surface area (Å²) >= 11 is 0. The molecule has 1 aromatic heterocycles. The van der Waals surface area contributed by atoms with Crippen molar-refractivity contribution in [3.63, 3.8) is 0 Å². The third-order valence-corrected chi connectivity index (χ3v) is 3.66. The lowest BCUT2D eigenvalue weighted by molar-refractivity contribution is 0.162. The number of nitrogens with zero attached hydrogens (tertiary/aromatic N) is 3. The van der Waals surface area contributed by atoms with Gasteiger partial charge in [0.25, 0.3) is 0 Å². The molecular formula is C14H26N4O. The van der Waals surface area contributed by atoms with Gasteiger partial charge < -0.3 is 19.5 Å². The van der Waals surface area contributed by atoms with Crippen molar-refractivity contribution in [3.8, 4) is 0 Å². The summed E-state index contributed by atoms with van der Waals surface area (Å²) < 4.78 is 7.55. The molecule has 0 spiro atoms. The second-order valence-corrected chi connectivity index (χ2v) is 5.40. The highest BCUT2D eigenvalue weighted by molar-refractivity contribution is 5.35. The fraction of sp³-hybridized carbons (Fsp3) is 0.786. The summed E-state index contributed by atoms with van der Waals surface area (Å²) in [6.45, 7) is 10.3. The summed E-state index contributed by atoms with van der Waals surface area (Å²) in [5.74, 6) is 1.09. The maximum Gasteiger partial charge on any atom is 0.206 e. The van der Waals surface area contributed by atoms with Crippen molar-refractivity contribution in [1.82, 2.24) is 14.9 Å². The molecule has 2 atom stereocenters. The topological polar surface area (TPSA) is 42.3 Å². The van der Waals surface area contributed by atoms with E-state index >= 15 is 0 Å². The number of ether oxygens (including phenoxy) is 1. The second-order valence-electron chi connectivity index (χ2n) is 5.40. The Morgan fingerprint density at radius 3 is 3.00 bits per heavy atom. The molecule has 2 rings (SSSR count). The molecule has 1 saturated heterocycles. The normalized spacial score (nSPS) is 21.7. The minimum atomic E-state index is 0.318. The van der Waals surface area contributed by atoms with E-state index in [-0.39, 0.29) is 0 Å². The van der Waals surface area contributed by atoms with Crippen molar-refractivity contribution in [3.05, 3.63) is 11.9 Å². The van der Waals surface area contributed by atoms with E-state index in [1.807, 2.05) is 0 Å². The maximum atomic E-state index is 5.28. The minimum Gasteiger partial charge on any atom is -0.383 e. The van der Waals surface area contributed by atoms with Gasteiger partial charge in [0.2, 0.25) is 5.95 Å². The third-order valence-electron chi connectivity index (χ3n) is 3.66. The van der Waals surface area contributed by atoms with Crippen molar-refractivity contribution >= 4 is 5.95 Å². The summed E-state index contributed by atoms with van der Waals surface area (Å²) in [5, 5.41) is 3.47. The number of hydrogen-bond acceptors (Lipinski definition) is 4. The molecule has 5 nitrogen and oxygen atoms in total. The molecule has 19 heavy (non-hydrogen) atoms. The van der Waals surface area contributed by atoms with Gasteiger partial charge in [0.1, 0.15) is 0 Å². The molecule has 0 amide bonds. The van der Waals surface area contributed by atoms with Crippen LogP contribution in [-0.4, -0.2) is 48.9 Å². The van der Waals surface area contributed by atoms with Crippen LogP contribution in [0.5, 0.6) is 0 Å². The Bertz CT molecular complexity index is 404. The highest BCUT2D eigenvalue weighted by atomic mass is 16.5. The van der Waals surface area contributed by atoms with Crippen LogP contribution in [0.2, 0.25) is 0 Å². The zero-order valence-corrected chi connectivity index (χ0v) is 12.5. The molecule has 1 fully saturated rings. The number of methoxy groups -OCH3 is 1. The number of nitrogens with one attached hydrogen (secondary N) is 1. The van der Waals surface area contributed by atoms with Crippen LogP contribution in [0.1, 0.15) is 32.5 Å². The second kappa shape index (κ2) is 6.39. The van der Waals surface area contributed by atoms with Crippen molar-refractivity contribution in [1.29, 1.82) is 0 Å². The average molecular weight is 266 g/mol. The van der Waals surface area contributed by atoms with E-state index < -0.39 is 0 Å². The molecule has 2 unspecified atom stereocenters. The standard InChI is InChI=1S/C14H26N4O/c1-5-13-9-18(12(3)10-19-4)14(16-13)17-7-6-15-11(2)8-17/h9,11-12,15H,5-8,10H2,1-4H3. The molecule has 0 saturated carbocycles. The Hall–Kier alpha value is -1.07. The van der Waals surface area contributed by atoms with Crippen molar-refractivity contribution in [2.75, 3.05) is 38.3 Å². The summed E-state index contributed by atoms with van der Waals surface area (Å²) in [5.41, 5.74) is 1.16. The molecule has 108 valence electrons. The zero-order chi connectivity index (χ0) is 13.8. The number of anilines is 1. The highest BCUT2D eigenvalue weighted by Gasteiger charge is 2.22. The van der Waals surface area contributed by atoms with Gasteiger partial charge >= 0.3 is 0 Å². The maximum absolute atomic E-state index is 5.28. The molecule has 0 bridgehead atoms. The van der Waals surface area contributed by atoms with Crippen LogP contribution in [-0.2, 0) is 11.2 Å². The SMILES string of the molecule is CCc1cn(C(C)COC)c(N2CCNC(C)C2)n1. The van der Waals surface area contributed by atoms with Crippen molar-refractivity contribution in [2.45, 2.75) is 39.3 Å². The molecular weight excluding hydrogens is 240 g/mol. The molecule has 1 aliphatic heterocycles. The molecule has 1 aliphatic rings. The highest BCUT2D eigenvalue weighted by Crippen LogP contribution is 2.21. The molecule has 2 heterocycles. The number of aryl methyl sites for hydroxylation is 1. The average Bonchev–Trinajstić information content (AvgIpc) is 2.83. The number of aromatic nitrogens is 2. The van der Waals surface area contributed by atoms with Gasteiger partial charge in [0, 0.05) is 39.0 Å². The monoisotopic (exact) mass is 266 g/mol. The molecule has 0 radical (unpaired) electrons. The lowest BCUT2D eigenvalue weighted by atomic mass is 10.2. The van der Waals surface area contributed by atoms with Crippen LogP contribution < -0.4 is 10.2 Å². The van der Waals surface area contributed by atoms with Crippen LogP contribution in [0.3, 0.4) is 0 Å². The van der Waals surface area contributed by atoms with Gasteiger partial charge in [0.05, 0.1) is 18.3 Å². The van der Waals surface area contributed by atoms with Gasteiger partial charge in [-0.15, -0.1) is 0 Å². The Morgan fingerprint density at radius 1 is 1.58 bits per heavy atom. The Balaban J connectivity index is 2.24. The Labute approximate surface area is 116 Å². The van der Waals surface area contributed by atoms with Gasteiger partial charge in [-0.2, -0.15) is 0 Å². The zero-order valence-electron chi connectivity index (χ0n) is 12.5. The van der Waals surface area contributed by atoms with Gasteiger partial charge in [0.15, 0.2) is 0 Å². The van der Waals surface area contributed by atoms with E-state index in [4.69, 9.17) is 9.72 Å². The Kier molecular flexibility index (Phi) is 4.82. The molecule has 0 aromatic carbocycles. The van der Waals surface area contributed by atoms with Crippen LogP contribution in [0.25, 0.3) is 0 Å². The first-order valence-electron chi connectivity index (χ1n) is 7.20. The van der Waals surface area contributed by atoms with Crippen LogP contribution in [0.4, 0.5) is 5.95 Å². The first-order valence-corrected chi connectivity index (χ1v) is 7.20. The van der Waals surface area contributed by atoms with Gasteiger partial charge in [-0.25, -0.2) is 4.98 Å². The molecule has 5 heteroatoms. The van der Waals surface area contributed by atoms with Crippen LogP contribution >= 0.6 is 0 Å². The quantitative estimate of drug-likeness (QED) is 0.876. The van der Waals surface area contributed by atoms with E-state index in [0.29, 0.717) is 18.7 Å². The van der Waals surface area contributed by atoms with Gasteiger partial charge in [-0.05, 0) is 20.3 Å². The van der Waals surface area contributed by atoms with E-state index in [1.165, 1.54) is 0 Å². The fourth-order valence-corrected chi connectivity index (χ4v) is 2.60. The van der Waals surface area contributed by atoms with E-state index in [1.54, 1.807) is 7.11 Å². The molecule has 1 N–H and O–H groups in total. The van der Waals surface area contributed by atoms with Gasteiger partial charge in [-0.1, -0.05) is 6.92 Å². The third kappa shape index (κ3) is 3.28. The predicted molar refractivity (Wildman–Crippen MR) is 77.9 cm³/mol. The summed E-state index contributed by atoms with van der Waals surface area (Å²) in [7, 11) is 1.75. The number of piperazine rings is 1.